The summed E-state index contributed by atoms with van der Waals surface area (Å²) >= 11 is 0. The Hall–Kier alpha value is -1.64. The first-order valence-electron chi connectivity index (χ1n) is 10.5. The fourth-order valence-electron chi connectivity index (χ4n) is 3.67. The zero-order chi connectivity index (χ0) is 23.8. The van der Waals surface area contributed by atoms with E-state index < -0.39 is 43.9 Å². The van der Waals surface area contributed by atoms with E-state index in [1.54, 1.807) is 6.92 Å². The van der Waals surface area contributed by atoms with Gasteiger partial charge in [-0.2, -0.15) is 4.98 Å². The first-order valence-corrected chi connectivity index (χ1v) is 11.9. The molecule has 34 heavy (non-hydrogen) atoms. The largest absolute Gasteiger partial charge is 1.00 e. The van der Waals surface area contributed by atoms with Gasteiger partial charge in [-0.15, -0.1) is 0 Å². The van der Waals surface area contributed by atoms with Crippen molar-refractivity contribution in [2.75, 3.05) is 11.9 Å². The summed E-state index contributed by atoms with van der Waals surface area (Å²) in [6.07, 6.45) is -1.61. The van der Waals surface area contributed by atoms with E-state index >= 15 is 0 Å². The van der Waals surface area contributed by atoms with Gasteiger partial charge in [0.2, 0.25) is 11.9 Å². The van der Waals surface area contributed by atoms with Crippen LogP contribution in [0.5, 0.6) is 0 Å². The van der Waals surface area contributed by atoms with E-state index in [0.29, 0.717) is 12.8 Å². The zero-order valence-corrected chi connectivity index (χ0v) is 21.8. The average molecular weight is 507 g/mol. The summed E-state index contributed by atoms with van der Waals surface area (Å²) in [5.41, 5.74) is -0.617. The van der Waals surface area contributed by atoms with Gasteiger partial charge in [0, 0.05) is 12.8 Å². The molecular formula is C18H23N5NaO9P. The van der Waals surface area contributed by atoms with Crippen molar-refractivity contribution in [3.8, 4) is 0 Å². The average Bonchev–Trinajstić information content (AvgIpc) is 3.29. The Kier molecular flexibility index (Phi) is 8.69. The van der Waals surface area contributed by atoms with Gasteiger partial charge in [-0.05, 0) is 12.8 Å². The van der Waals surface area contributed by atoms with Crippen molar-refractivity contribution < 1.29 is 67.1 Å². The number of hydrogen-bond donors (Lipinski definition) is 2. The number of hydrogen-bond acceptors (Lipinski definition) is 11. The number of phosphoric acid groups is 1. The number of imidazole rings is 1. The molecule has 5 atom stereocenters. The van der Waals surface area contributed by atoms with Crippen LogP contribution in [0, 0.1) is 0 Å². The van der Waals surface area contributed by atoms with Gasteiger partial charge >= 0.3 is 35.5 Å². The second-order valence-electron chi connectivity index (χ2n) is 7.62. The summed E-state index contributed by atoms with van der Waals surface area (Å²) in [7, 11) is -4.61. The molecule has 2 unspecified atom stereocenters. The predicted molar refractivity (Wildman–Crippen MR) is 109 cm³/mol. The normalized spacial score (nSPS) is 28.2. The molecule has 0 aliphatic carbocycles. The van der Waals surface area contributed by atoms with Gasteiger partial charge in [-0.1, -0.05) is 13.8 Å². The maximum atomic E-state index is 12.5. The Labute approximate surface area is 215 Å². The maximum absolute atomic E-state index is 12.5. The molecule has 0 radical (unpaired) electrons. The van der Waals surface area contributed by atoms with Crippen molar-refractivity contribution in [3.63, 3.8) is 0 Å². The Morgan fingerprint density at radius 3 is 2.79 bits per heavy atom. The number of aromatic amines is 1. The zero-order valence-electron chi connectivity index (χ0n) is 18.9. The molecule has 0 spiro atoms. The summed E-state index contributed by atoms with van der Waals surface area (Å²) < 4.78 is 34.4. The first kappa shape index (κ1) is 27.0. The topological polar surface area (TPSA) is 187 Å². The number of rotatable bonds is 7. The van der Waals surface area contributed by atoms with Crippen LogP contribution in [0.3, 0.4) is 0 Å². The van der Waals surface area contributed by atoms with Crippen molar-refractivity contribution in [2.45, 2.75) is 64.1 Å². The molecule has 2 aromatic rings. The number of carbonyl (C=O) groups excluding carboxylic acids is 2. The number of nitrogens with one attached hydrogen (secondary N) is 2. The van der Waals surface area contributed by atoms with Gasteiger partial charge in [0.15, 0.2) is 23.5 Å². The number of aromatic nitrogens is 4. The number of carbonyl (C=O) groups is 2. The number of anilines is 1. The number of amides is 1. The third-order valence-corrected chi connectivity index (χ3v) is 6.06. The number of fused-ring (bicyclic) bond motifs is 2. The molecule has 1 amide bonds. The molecule has 0 bridgehead atoms. The number of esters is 1. The standard InChI is InChI=1S/C18H24N5O9P.Na/c1-3-5-10(24)20-18-21-15-12(16(26)22-18)19-8-23(15)17-14(31-11(25)6-4-2)13-9(30-17)7-29-33(27,28)32-13;/h8-9,13-14,17H,3-7H2,1-2H3,(H,27,28)(H2,20,21,22,24,26);/q;+1/p-1/t9-,13-,14-,17?;/m0./s1. The van der Waals surface area contributed by atoms with Crippen LogP contribution in [0.15, 0.2) is 11.1 Å². The van der Waals surface area contributed by atoms with Crippen LogP contribution in [0.25, 0.3) is 11.2 Å². The van der Waals surface area contributed by atoms with E-state index in [0.717, 1.165) is 0 Å². The number of H-pyrrole nitrogens is 1. The molecule has 2 fully saturated rings. The molecular weight excluding hydrogens is 484 g/mol. The Balaban J connectivity index is 0.00000324. The van der Waals surface area contributed by atoms with Gasteiger partial charge in [0.05, 0.1) is 12.9 Å². The minimum absolute atomic E-state index is 0. The molecule has 2 aliphatic rings. The number of phosphoric ester groups is 1. The van der Waals surface area contributed by atoms with Crippen LogP contribution in [-0.2, 0) is 32.7 Å². The second kappa shape index (κ2) is 11.0. The predicted octanol–water partition coefficient (Wildman–Crippen LogP) is -2.64. The summed E-state index contributed by atoms with van der Waals surface area (Å²) in [6.45, 7) is 3.29. The molecule has 14 nitrogen and oxygen atoms in total. The third kappa shape index (κ3) is 5.60. The number of ether oxygens (including phenoxy) is 2. The fraction of sp³-hybridized carbons (Fsp3) is 0.611. The third-order valence-electron chi connectivity index (χ3n) is 5.10. The van der Waals surface area contributed by atoms with Crippen LogP contribution in [-0.4, -0.2) is 56.3 Å². The second-order valence-corrected chi connectivity index (χ2v) is 8.98. The smallest absolute Gasteiger partial charge is 0.756 e. The fourth-order valence-corrected chi connectivity index (χ4v) is 4.62. The van der Waals surface area contributed by atoms with Crippen molar-refractivity contribution in [2.24, 2.45) is 0 Å². The van der Waals surface area contributed by atoms with Crippen molar-refractivity contribution in [3.05, 3.63) is 16.7 Å². The van der Waals surface area contributed by atoms with Crippen LogP contribution in [0.2, 0.25) is 0 Å². The minimum Gasteiger partial charge on any atom is -0.756 e. The van der Waals surface area contributed by atoms with E-state index in [2.05, 4.69) is 20.3 Å². The van der Waals surface area contributed by atoms with E-state index in [9.17, 15) is 23.8 Å². The molecule has 4 heterocycles. The Bertz CT molecular complexity index is 1170. The van der Waals surface area contributed by atoms with Gasteiger partial charge < -0.3 is 23.4 Å². The van der Waals surface area contributed by atoms with Crippen molar-refractivity contribution >= 4 is 36.8 Å². The minimum atomic E-state index is -4.61. The van der Waals surface area contributed by atoms with Crippen LogP contribution < -0.4 is 45.3 Å². The van der Waals surface area contributed by atoms with Crippen LogP contribution >= 0.6 is 7.82 Å². The summed E-state index contributed by atoms with van der Waals surface area (Å²) in [5, 5.41) is 2.51. The summed E-state index contributed by atoms with van der Waals surface area (Å²) in [5.74, 6) is -1.00. The Morgan fingerprint density at radius 1 is 1.35 bits per heavy atom. The molecule has 4 rings (SSSR count). The molecule has 2 aromatic heterocycles. The quantitative estimate of drug-likeness (QED) is 0.227. The van der Waals surface area contributed by atoms with E-state index in [1.807, 2.05) is 6.92 Å². The number of nitrogens with zero attached hydrogens (tertiary/aromatic N) is 3. The monoisotopic (exact) mass is 507 g/mol. The van der Waals surface area contributed by atoms with E-state index in [1.165, 1.54) is 10.9 Å². The van der Waals surface area contributed by atoms with E-state index in [4.69, 9.17) is 18.5 Å². The van der Waals surface area contributed by atoms with E-state index in [-0.39, 0.29) is 72.0 Å². The summed E-state index contributed by atoms with van der Waals surface area (Å²) in [6, 6.07) is 0. The molecule has 2 N–H and O–H groups in total. The van der Waals surface area contributed by atoms with Gasteiger partial charge in [0.25, 0.3) is 13.4 Å². The Morgan fingerprint density at radius 2 is 2.09 bits per heavy atom. The molecule has 0 aromatic carbocycles. The van der Waals surface area contributed by atoms with Crippen LogP contribution in [0.4, 0.5) is 5.95 Å². The van der Waals surface area contributed by atoms with Gasteiger partial charge in [-0.25, -0.2) is 4.98 Å². The maximum Gasteiger partial charge on any atom is 1.00 e. The molecule has 2 aliphatic heterocycles. The van der Waals surface area contributed by atoms with Crippen molar-refractivity contribution in [1.29, 1.82) is 0 Å². The van der Waals surface area contributed by atoms with Crippen molar-refractivity contribution in [1.82, 2.24) is 19.5 Å². The molecule has 16 heteroatoms. The molecule has 180 valence electrons. The SMILES string of the molecule is CCCC(=O)Nc1nc2c(ncn2C2O[C@H]3COP(=O)([O-])O[C@@H]3[C@@H]2OC(=O)CCC)c(=O)[nH]1.[Na+]. The van der Waals surface area contributed by atoms with Crippen LogP contribution in [0.1, 0.15) is 45.8 Å². The summed E-state index contributed by atoms with van der Waals surface area (Å²) in [4.78, 5) is 59.3. The molecule has 2 saturated heterocycles. The molecule has 0 saturated carbocycles. The van der Waals surface area contributed by atoms with Gasteiger partial charge in [-0.3, -0.25) is 33.8 Å². The van der Waals surface area contributed by atoms with Gasteiger partial charge in [0.1, 0.15) is 12.2 Å². The first-order chi connectivity index (χ1) is 15.7.